The monoisotopic (exact) mass is 828 g/mol. The molecule has 3 nitrogen and oxygen atoms in total. The van der Waals surface area contributed by atoms with E-state index in [1.807, 2.05) is 18.3 Å². The first-order valence-corrected chi connectivity index (χ1v) is 16.2. The molecule has 7 aromatic rings. The average Bonchev–Trinajstić information content (AvgIpc) is 3.11. The van der Waals surface area contributed by atoms with Gasteiger partial charge in [-0.2, -0.15) is 0 Å². The van der Waals surface area contributed by atoms with E-state index < -0.39 is 0 Å². The van der Waals surface area contributed by atoms with Crippen LogP contribution in [0.2, 0.25) is 0 Å². The van der Waals surface area contributed by atoms with Crippen molar-refractivity contribution >= 4 is 49.7 Å². The predicted molar refractivity (Wildman–Crippen MR) is 206 cm³/mol. The Bertz CT molecular complexity index is 2410. The SMILES string of the molecule is CC(=[OH+])/C=C(/C)O.Cc1[c-]c(C2=[C+]C=Cc3c2ccc2ccccc32)ccc1.Cc1cc[c-]c(-c2nccc3c2ccc2ccccc23)c1.[Ir-3]. The summed E-state index contributed by atoms with van der Waals surface area (Å²) >= 11 is 0. The number of fused-ring (bicyclic) bond motifs is 6. The number of ketones is 1. The van der Waals surface area contributed by atoms with Gasteiger partial charge in [0.25, 0.3) is 0 Å². The molecule has 50 heavy (non-hydrogen) atoms. The Hall–Kier alpha value is -5.50. The van der Waals surface area contributed by atoms with Crippen molar-refractivity contribution in [1.82, 2.24) is 4.98 Å². The molecule has 0 fully saturated rings. The number of rotatable bonds is 3. The van der Waals surface area contributed by atoms with Crippen LogP contribution >= 0.6 is 0 Å². The molecule has 0 radical (unpaired) electrons. The first kappa shape index (κ1) is 35.8. The van der Waals surface area contributed by atoms with Crippen molar-refractivity contribution in [2.75, 3.05) is 0 Å². The van der Waals surface area contributed by atoms with Gasteiger partial charge in [0, 0.05) is 23.2 Å². The van der Waals surface area contributed by atoms with Crippen LogP contribution in [0.15, 0.2) is 139 Å². The molecule has 1 aliphatic carbocycles. The fourth-order valence-corrected chi connectivity index (χ4v) is 6.10. The molecule has 0 bridgehead atoms. The first-order valence-electron chi connectivity index (χ1n) is 16.2. The van der Waals surface area contributed by atoms with E-state index in [0.29, 0.717) is 0 Å². The van der Waals surface area contributed by atoms with Gasteiger partial charge in [-0.3, -0.25) is 4.79 Å². The Balaban J connectivity index is 0.000000162. The largest absolute Gasteiger partial charge is 3.00 e. The Labute approximate surface area is 307 Å². The van der Waals surface area contributed by atoms with Crippen LogP contribution in [-0.2, 0) is 20.1 Å². The molecule has 1 aliphatic rings. The van der Waals surface area contributed by atoms with Gasteiger partial charge >= 0.3 is 5.78 Å². The van der Waals surface area contributed by atoms with E-state index in [1.165, 1.54) is 68.9 Å². The summed E-state index contributed by atoms with van der Waals surface area (Å²) in [5.41, 5.74) is 9.17. The maximum absolute atomic E-state index is 8.40. The second kappa shape index (κ2) is 16.3. The van der Waals surface area contributed by atoms with Gasteiger partial charge in [-0.1, -0.05) is 86.1 Å². The van der Waals surface area contributed by atoms with Crippen molar-refractivity contribution in [3.63, 3.8) is 0 Å². The van der Waals surface area contributed by atoms with E-state index in [4.69, 9.17) is 9.90 Å². The third kappa shape index (κ3) is 8.20. The van der Waals surface area contributed by atoms with Gasteiger partial charge in [-0.15, -0.1) is 59.2 Å². The van der Waals surface area contributed by atoms with Gasteiger partial charge < -0.3 is 30.2 Å². The van der Waals surface area contributed by atoms with Crippen molar-refractivity contribution in [1.29, 1.82) is 0 Å². The van der Waals surface area contributed by atoms with Crippen LogP contribution < -0.4 is 0 Å². The van der Waals surface area contributed by atoms with Gasteiger partial charge in [0.05, 0.1) is 36.0 Å². The molecule has 0 spiro atoms. The van der Waals surface area contributed by atoms with E-state index in [2.05, 4.69) is 152 Å². The molecular formula is C46H37IrNO2-3. The summed E-state index contributed by atoms with van der Waals surface area (Å²) in [7, 11) is 0. The zero-order chi connectivity index (χ0) is 34.3. The second-order valence-corrected chi connectivity index (χ2v) is 12.1. The Morgan fingerprint density at radius 3 is 2.18 bits per heavy atom. The molecule has 250 valence electrons. The minimum atomic E-state index is 0. The Kier molecular flexibility index (Phi) is 11.6. The number of allylic oxidation sites excluding steroid dienone is 4. The zero-order valence-corrected chi connectivity index (χ0v) is 30.8. The van der Waals surface area contributed by atoms with Crippen LogP contribution in [0.3, 0.4) is 0 Å². The Morgan fingerprint density at radius 2 is 1.48 bits per heavy atom. The second-order valence-electron chi connectivity index (χ2n) is 12.1. The fraction of sp³-hybridized carbons (Fsp3) is 0.0870. The number of carbonyl (C=O) groups excluding carboxylic acids is 1. The van der Waals surface area contributed by atoms with Crippen molar-refractivity contribution in [3.8, 4) is 11.3 Å². The molecule has 6 aromatic carbocycles. The van der Waals surface area contributed by atoms with E-state index in [0.717, 1.165) is 28.0 Å². The van der Waals surface area contributed by atoms with Gasteiger partial charge in [0.2, 0.25) is 0 Å². The Morgan fingerprint density at radius 1 is 0.760 bits per heavy atom. The van der Waals surface area contributed by atoms with Crippen molar-refractivity contribution in [2.45, 2.75) is 27.7 Å². The number of aliphatic hydroxyl groups excluding tert-OH is 1. The van der Waals surface area contributed by atoms with E-state index in [1.54, 1.807) is 0 Å². The number of benzene rings is 6. The van der Waals surface area contributed by atoms with Crippen LogP contribution in [0.25, 0.3) is 55.2 Å². The molecule has 0 atom stereocenters. The van der Waals surface area contributed by atoms with E-state index >= 15 is 0 Å². The molecule has 0 amide bonds. The number of aryl methyl sites for hydroxylation is 2. The fourth-order valence-electron chi connectivity index (χ4n) is 6.10. The minimum Gasteiger partial charge on any atom is -3.00 e. The summed E-state index contributed by atoms with van der Waals surface area (Å²) in [4.78, 5) is 13.0. The third-order valence-electron chi connectivity index (χ3n) is 8.23. The summed E-state index contributed by atoms with van der Waals surface area (Å²) < 4.78 is 0. The molecule has 1 aromatic heterocycles. The van der Waals surface area contributed by atoms with Crippen LogP contribution in [0.1, 0.15) is 41.7 Å². The molecule has 4 heteroatoms. The minimum absolute atomic E-state index is 0. The molecule has 2 N–H and O–H groups in total. The predicted octanol–water partition coefficient (Wildman–Crippen LogP) is 11.4. The van der Waals surface area contributed by atoms with Crippen molar-refractivity contribution in [2.24, 2.45) is 0 Å². The topological polar surface area (TPSA) is 54.5 Å². The van der Waals surface area contributed by atoms with Gasteiger partial charge in [0.1, 0.15) is 0 Å². The van der Waals surface area contributed by atoms with Gasteiger partial charge in [-0.25, -0.2) is 0 Å². The first-order chi connectivity index (χ1) is 23.8. The smallest absolute Gasteiger partial charge is 0.316 e. The molecule has 0 aliphatic heterocycles. The van der Waals surface area contributed by atoms with Crippen LogP contribution in [0, 0.1) is 32.1 Å². The summed E-state index contributed by atoms with van der Waals surface area (Å²) in [5, 5.41) is 15.9. The molecule has 8 rings (SSSR count). The summed E-state index contributed by atoms with van der Waals surface area (Å²) in [6.07, 6.45) is 10.7. The van der Waals surface area contributed by atoms with E-state index in [-0.39, 0.29) is 31.6 Å². The average molecular weight is 828 g/mol. The number of aromatic nitrogens is 1. The molecular weight excluding hydrogens is 791 g/mol. The summed E-state index contributed by atoms with van der Waals surface area (Å²) in [6, 6.07) is 46.9. The molecule has 0 saturated carbocycles. The quantitative estimate of drug-likeness (QED) is 0.0634. The van der Waals surface area contributed by atoms with Crippen LogP contribution in [-0.4, -0.2) is 20.7 Å². The third-order valence-corrected chi connectivity index (χ3v) is 8.23. The van der Waals surface area contributed by atoms with Crippen LogP contribution in [0.4, 0.5) is 0 Å². The maximum Gasteiger partial charge on any atom is 0.316 e. The van der Waals surface area contributed by atoms with Crippen molar-refractivity contribution < 1.29 is 30.0 Å². The summed E-state index contributed by atoms with van der Waals surface area (Å²) in [5.74, 6) is 0.250. The number of pyridine rings is 1. The van der Waals surface area contributed by atoms with E-state index in [9.17, 15) is 0 Å². The van der Waals surface area contributed by atoms with Gasteiger partial charge in [-0.05, 0) is 63.8 Å². The van der Waals surface area contributed by atoms with Crippen molar-refractivity contribution in [3.05, 3.63) is 185 Å². The number of nitrogens with zero attached hydrogens (tertiary/aromatic N) is 1. The molecule has 0 saturated heterocycles. The standard InChI is InChI=1S/C21H14.C20H14N.C5H8O2.Ir/c1-15-6-4-8-17(14-15)19-10-5-11-20-18-9-3-2-7-16(18)12-13-21(19)20;1-14-5-4-7-16(13-14)20-19-10-9-15-6-2-3-8-17(15)18(19)11-12-21-20;1-4(6)3-5(2)7;/h2-9,11-13H,1H3;2-6,8-13H,1H3;3,6H,1-2H3;/q;-1;;-3/p+1/b;;4-3-;. The number of hydrogen-bond acceptors (Lipinski definition) is 2. The summed E-state index contributed by atoms with van der Waals surface area (Å²) in [6.45, 7) is 7.17. The maximum atomic E-state index is 8.40. The molecule has 0 unspecified atom stereocenters. The molecule has 1 heterocycles. The zero-order valence-electron chi connectivity index (χ0n) is 28.5. The number of hydrogen-bond donors (Lipinski definition) is 1. The normalized spacial score (nSPS) is 11.6. The number of aliphatic hydroxyl groups is 1. The van der Waals surface area contributed by atoms with Crippen LogP contribution in [0.5, 0.6) is 0 Å². The van der Waals surface area contributed by atoms with Gasteiger partial charge in [0.15, 0.2) is 0 Å².